The highest BCUT2D eigenvalue weighted by Gasteiger charge is 2.39. The second-order valence-corrected chi connectivity index (χ2v) is 7.92. The Morgan fingerprint density at radius 3 is 2.34 bits per heavy atom. The van der Waals surface area contributed by atoms with Gasteiger partial charge in [0.1, 0.15) is 12.0 Å². The fourth-order valence-corrected chi connectivity index (χ4v) is 3.95. The Bertz CT molecular complexity index is 1040. The molecule has 0 aliphatic carbocycles. The molecule has 0 unspecified atom stereocenters. The molecule has 3 atom stereocenters. The van der Waals surface area contributed by atoms with Crippen LogP contribution in [0, 0.1) is 5.92 Å². The van der Waals surface area contributed by atoms with Gasteiger partial charge in [-0.15, -0.1) is 0 Å². The predicted molar refractivity (Wildman–Crippen MR) is 128 cm³/mol. The lowest BCUT2D eigenvalue weighted by Crippen LogP contribution is -2.44. The highest BCUT2D eigenvalue weighted by atomic mass is 35.5. The maximum Gasteiger partial charge on any atom is 0.314 e. The van der Waals surface area contributed by atoms with Crippen molar-refractivity contribution in [2.75, 3.05) is 24.0 Å². The molecule has 0 amide bonds. The zero-order valence-electron chi connectivity index (χ0n) is 17.7. The standard InChI is InChI=1S/C26H25ClN2O3/c1-31-26(30)24(23-13-8-18-29(32-23)22-11-6-3-7-12-22)25(19-9-4-2-5-10-19)28-21-16-14-20(27)15-17-21/h2-17,23-25,28H,18H2,1H3/t23-,24+,25+/m1/s1. The largest absolute Gasteiger partial charge is 0.469 e. The zero-order valence-corrected chi connectivity index (χ0v) is 18.5. The van der Waals surface area contributed by atoms with E-state index in [9.17, 15) is 4.79 Å². The molecule has 164 valence electrons. The Labute approximate surface area is 193 Å². The summed E-state index contributed by atoms with van der Waals surface area (Å²) in [5, 5.41) is 5.94. The van der Waals surface area contributed by atoms with Crippen LogP contribution in [0.25, 0.3) is 0 Å². The number of carbonyl (C=O) groups is 1. The molecule has 32 heavy (non-hydrogen) atoms. The van der Waals surface area contributed by atoms with E-state index >= 15 is 0 Å². The molecule has 0 fully saturated rings. The van der Waals surface area contributed by atoms with Crippen molar-refractivity contribution in [3.8, 4) is 0 Å². The van der Waals surface area contributed by atoms with Crippen LogP contribution in [0.15, 0.2) is 97.1 Å². The zero-order chi connectivity index (χ0) is 22.3. The van der Waals surface area contributed by atoms with Gasteiger partial charge < -0.3 is 10.1 Å². The number of hydrogen-bond donors (Lipinski definition) is 1. The van der Waals surface area contributed by atoms with Crippen molar-refractivity contribution in [2.24, 2.45) is 5.92 Å². The highest BCUT2D eigenvalue weighted by Crippen LogP contribution is 2.34. The third kappa shape index (κ3) is 5.13. The molecule has 0 aromatic heterocycles. The summed E-state index contributed by atoms with van der Waals surface area (Å²) in [6, 6.07) is 26.7. The Kier molecular flexibility index (Phi) is 7.10. The average molecular weight is 449 g/mol. The van der Waals surface area contributed by atoms with Crippen LogP contribution in [0.5, 0.6) is 0 Å². The molecule has 0 spiro atoms. The van der Waals surface area contributed by atoms with Crippen molar-refractivity contribution >= 4 is 28.9 Å². The maximum atomic E-state index is 13.1. The van der Waals surface area contributed by atoms with Gasteiger partial charge >= 0.3 is 5.97 Å². The van der Waals surface area contributed by atoms with E-state index in [-0.39, 0.29) is 5.97 Å². The summed E-state index contributed by atoms with van der Waals surface area (Å²) in [4.78, 5) is 19.4. The van der Waals surface area contributed by atoms with E-state index in [1.165, 1.54) is 7.11 Å². The van der Waals surface area contributed by atoms with Crippen molar-refractivity contribution in [1.29, 1.82) is 0 Å². The van der Waals surface area contributed by atoms with Gasteiger partial charge in [0.2, 0.25) is 0 Å². The Hall–Kier alpha value is -3.28. The summed E-state index contributed by atoms with van der Waals surface area (Å²) < 4.78 is 5.23. The number of benzene rings is 3. The smallest absolute Gasteiger partial charge is 0.314 e. The number of methoxy groups -OCH3 is 1. The minimum atomic E-state index is -0.638. The first kappa shape index (κ1) is 21.9. The molecule has 6 heteroatoms. The number of halogens is 1. The SMILES string of the molecule is COC(=O)[C@@H]([C@H]1C=CCN(c2ccccc2)O1)[C@@H](Nc1ccc(Cl)cc1)c1ccccc1. The number of para-hydroxylation sites is 1. The fraction of sp³-hybridized carbons (Fsp3) is 0.192. The first-order valence-electron chi connectivity index (χ1n) is 10.5. The molecule has 3 aromatic carbocycles. The molecule has 0 bridgehead atoms. The summed E-state index contributed by atoms with van der Waals surface area (Å²) >= 11 is 6.06. The lowest BCUT2D eigenvalue weighted by Gasteiger charge is -2.37. The Morgan fingerprint density at radius 2 is 1.69 bits per heavy atom. The second-order valence-electron chi connectivity index (χ2n) is 7.48. The molecule has 1 aliphatic heterocycles. The summed E-state index contributed by atoms with van der Waals surface area (Å²) in [5.41, 5.74) is 2.72. The second kappa shape index (κ2) is 10.4. The van der Waals surface area contributed by atoms with Crippen molar-refractivity contribution in [2.45, 2.75) is 12.1 Å². The molecular weight excluding hydrogens is 424 g/mol. The summed E-state index contributed by atoms with van der Waals surface area (Å²) in [6.45, 7) is 0.592. The van der Waals surface area contributed by atoms with Crippen LogP contribution in [-0.4, -0.2) is 25.7 Å². The van der Waals surface area contributed by atoms with Crippen LogP contribution in [-0.2, 0) is 14.4 Å². The molecule has 4 rings (SSSR count). The molecule has 1 N–H and O–H groups in total. The van der Waals surface area contributed by atoms with E-state index in [0.717, 1.165) is 16.9 Å². The van der Waals surface area contributed by atoms with Gasteiger partial charge in [0.05, 0.1) is 25.4 Å². The van der Waals surface area contributed by atoms with E-state index in [2.05, 4.69) is 5.32 Å². The number of anilines is 2. The van der Waals surface area contributed by atoms with Gasteiger partial charge in [-0.05, 0) is 42.0 Å². The lowest BCUT2D eigenvalue weighted by molar-refractivity contribution is -0.151. The number of hydrogen-bond acceptors (Lipinski definition) is 5. The number of nitrogens with one attached hydrogen (secondary N) is 1. The Morgan fingerprint density at radius 1 is 1.03 bits per heavy atom. The van der Waals surface area contributed by atoms with Gasteiger partial charge in [0.25, 0.3) is 0 Å². The maximum absolute atomic E-state index is 13.1. The van der Waals surface area contributed by atoms with Crippen molar-refractivity contribution in [3.63, 3.8) is 0 Å². The van der Waals surface area contributed by atoms with Crippen molar-refractivity contribution in [1.82, 2.24) is 0 Å². The quantitative estimate of drug-likeness (QED) is 0.373. The number of esters is 1. The minimum Gasteiger partial charge on any atom is -0.469 e. The van der Waals surface area contributed by atoms with Gasteiger partial charge in [0, 0.05) is 10.7 Å². The molecule has 1 aliphatic rings. The Balaban J connectivity index is 1.69. The number of carbonyl (C=O) groups excluding carboxylic acids is 1. The molecule has 3 aromatic rings. The van der Waals surface area contributed by atoms with Crippen molar-refractivity contribution < 1.29 is 14.4 Å². The molecule has 0 saturated carbocycles. The van der Waals surface area contributed by atoms with Crippen LogP contribution in [0.1, 0.15) is 11.6 Å². The highest BCUT2D eigenvalue weighted by molar-refractivity contribution is 6.30. The molecule has 0 radical (unpaired) electrons. The van der Waals surface area contributed by atoms with Crippen LogP contribution < -0.4 is 10.4 Å². The minimum absolute atomic E-state index is 0.357. The third-order valence-electron chi connectivity index (χ3n) is 5.40. The monoisotopic (exact) mass is 448 g/mol. The molecular formula is C26H25ClN2O3. The van der Waals surface area contributed by atoms with Crippen molar-refractivity contribution in [3.05, 3.63) is 108 Å². The molecule has 5 nitrogen and oxygen atoms in total. The molecule has 1 heterocycles. The van der Waals surface area contributed by atoms with E-state index in [1.807, 2.05) is 97.1 Å². The van der Waals surface area contributed by atoms with Crippen LogP contribution in [0.3, 0.4) is 0 Å². The average Bonchev–Trinajstić information content (AvgIpc) is 2.86. The van der Waals surface area contributed by atoms with E-state index in [1.54, 1.807) is 5.06 Å². The van der Waals surface area contributed by atoms with Gasteiger partial charge in [-0.1, -0.05) is 72.3 Å². The van der Waals surface area contributed by atoms with Gasteiger partial charge in [-0.2, -0.15) is 0 Å². The first-order valence-corrected chi connectivity index (χ1v) is 10.8. The lowest BCUT2D eigenvalue weighted by atomic mass is 9.87. The number of ether oxygens (including phenoxy) is 1. The van der Waals surface area contributed by atoms with Crippen LogP contribution in [0.2, 0.25) is 5.02 Å². The van der Waals surface area contributed by atoms with Crippen LogP contribution >= 0.6 is 11.6 Å². The topological polar surface area (TPSA) is 50.8 Å². The third-order valence-corrected chi connectivity index (χ3v) is 5.65. The fourth-order valence-electron chi connectivity index (χ4n) is 3.82. The number of nitrogens with zero attached hydrogens (tertiary/aromatic N) is 1. The van der Waals surface area contributed by atoms with Gasteiger partial charge in [0.15, 0.2) is 0 Å². The predicted octanol–water partition coefficient (Wildman–Crippen LogP) is 5.66. The number of hydroxylamine groups is 1. The van der Waals surface area contributed by atoms with E-state index in [0.29, 0.717) is 11.6 Å². The summed E-state index contributed by atoms with van der Waals surface area (Å²) in [6.07, 6.45) is 3.42. The normalized spacial score (nSPS) is 17.4. The van der Waals surface area contributed by atoms with Gasteiger partial charge in [-0.3, -0.25) is 9.63 Å². The molecule has 0 saturated heterocycles. The van der Waals surface area contributed by atoms with E-state index in [4.69, 9.17) is 21.2 Å². The van der Waals surface area contributed by atoms with Gasteiger partial charge in [-0.25, -0.2) is 5.06 Å². The summed E-state index contributed by atoms with van der Waals surface area (Å²) in [7, 11) is 1.40. The summed E-state index contributed by atoms with van der Waals surface area (Å²) in [5.74, 6) is -0.995. The number of rotatable bonds is 7. The van der Waals surface area contributed by atoms with E-state index < -0.39 is 18.1 Å². The van der Waals surface area contributed by atoms with Crippen LogP contribution in [0.4, 0.5) is 11.4 Å². The first-order chi connectivity index (χ1) is 15.7.